The molecule has 172 valence electrons. The average Bonchev–Trinajstić information content (AvgIpc) is 3.29. The Bertz CT molecular complexity index is 1220. The predicted molar refractivity (Wildman–Crippen MR) is 119 cm³/mol. The Morgan fingerprint density at radius 1 is 1.06 bits per heavy atom. The number of fused-ring (bicyclic) bond motifs is 1. The van der Waals surface area contributed by atoms with E-state index in [0.717, 1.165) is 4.90 Å². The third kappa shape index (κ3) is 4.38. The van der Waals surface area contributed by atoms with E-state index in [1.165, 1.54) is 29.2 Å². The van der Waals surface area contributed by atoms with E-state index in [-0.39, 0.29) is 33.9 Å². The fraction of sp³-hybridized carbons (Fsp3) is 0.304. The van der Waals surface area contributed by atoms with Crippen molar-refractivity contribution in [1.29, 1.82) is 0 Å². The van der Waals surface area contributed by atoms with E-state index < -0.39 is 46.2 Å². The van der Waals surface area contributed by atoms with Gasteiger partial charge < -0.3 is 9.64 Å². The van der Waals surface area contributed by atoms with Crippen LogP contribution in [0.1, 0.15) is 44.4 Å². The van der Waals surface area contributed by atoms with E-state index in [4.69, 9.17) is 4.74 Å². The first kappa shape index (κ1) is 22.7. The molecular formula is C23H22N2O7S. The van der Waals surface area contributed by atoms with Gasteiger partial charge in [0.15, 0.2) is 16.4 Å². The number of rotatable bonds is 6. The van der Waals surface area contributed by atoms with Crippen LogP contribution < -0.4 is 4.90 Å². The van der Waals surface area contributed by atoms with Gasteiger partial charge in [-0.05, 0) is 43.7 Å². The van der Waals surface area contributed by atoms with Crippen molar-refractivity contribution in [3.05, 3.63) is 65.2 Å². The predicted octanol–water partition coefficient (Wildman–Crippen LogP) is 1.68. The molecule has 4 rings (SSSR count). The number of esters is 1. The Labute approximate surface area is 190 Å². The number of amides is 3. The fourth-order valence-electron chi connectivity index (χ4n) is 4.15. The fourth-order valence-corrected chi connectivity index (χ4v) is 5.88. The minimum absolute atomic E-state index is 0.0336. The van der Waals surface area contributed by atoms with E-state index in [9.17, 15) is 27.6 Å². The molecule has 2 aliphatic heterocycles. The van der Waals surface area contributed by atoms with E-state index >= 15 is 0 Å². The molecule has 0 saturated carbocycles. The topological polar surface area (TPSA) is 118 Å². The van der Waals surface area contributed by atoms with Crippen LogP contribution in [-0.2, 0) is 19.4 Å². The van der Waals surface area contributed by atoms with Crippen molar-refractivity contribution in [3.63, 3.8) is 0 Å². The monoisotopic (exact) mass is 470 g/mol. The summed E-state index contributed by atoms with van der Waals surface area (Å²) in [4.78, 5) is 52.9. The van der Waals surface area contributed by atoms with Crippen molar-refractivity contribution in [3.8, 4) is 0 Å². The first-order chi connectivity index (χ1) is 15.7. The highest BCUT2D eigenvalue weighted by atomic mass is 32.2. The van der Waals surface area contributed by atoms with Crippen molar-refractivity contribution in [2.75, 3.05) is 29.6 Å². The van der Waals surface area contributed by atoms with Gasteiger partial charge in [-0.3, -0.25) is 14.4 Å². The molecule has 2 heterocycles. The number of carbonyl (C=O) groups excluding carboxylic acids is 4. The highest BCUT2D eigenvalue weighted by Crippen LogP contribution is 2.29. The van der Waals surface area contributed by atoms with Gasteiger partial charge in [-0.25, -0.2) is 18.1 Å². The number of anilines is 1. The normalized spacial score (nSPS) is 18.8. The molecule has 3 amide bonds. The molecule has 9 nitrogen and oxygen atoms in total. The number of nitrogens with zero attached hydrogens (tertiary/aromatic N) is 2. The highest BCUT2D eigenvalue weighted by Gasteiger charge is 2.37. The Hall–Kier alpha value is -3.53. The van der Waals surface area contributed by atoms with Gasteiger partial charge in [0.1, 0.15) is 0 Å². The maximum Gasteiger partial charge on any atom is 0.338 e. The lowest BCUT2D eigenvalue weighted by Crippen LogP contribution is -2.43. The lowest BCUT2D eigenvalue weighted by atomic mass is 10.1. The molecule has 1 atom stereocenters. The van der Waals surface area contributed by atoms with Crippen molar-refractivity contribution in [1.82, 2.24) is 4.90 Å². The van der Waals surface area contributed by atoms with Crippen LogP contribution in [-0.4, -0.2) is 67.7 Å². The minimum atomic E-state index is -3.16. The number of hydrogen-bond acceptors (Lipinski definition) is 7. The average molecular weight is 471 g/mol. The Morgan fingerprint density at radius 3 is 2.30 bits per heavy atom. The van der Waals surface area contributed by atoms with Crippen LogP contribution in [0.2, 0.25) is 0 Å². The van der Waals surface area contributed by atoms with Crippen molar-refractivity contribution in [2.24, 2.45) is 0 Å². The largest absolute Gasteiger partial charge is 0.452 e. The summed E-state index contributed by atoms with van der Waals surface area (Å²) < 4.78 is 28.6. The van der Waals surface area contributed by atoms with E-state index in [1.54, 1.807) is 31.2 Å². The summed E-state index contributed by atoms with van der Waals surface area (Å²) >= 11 is 0. The molecular weight excluding hydrogens is 448 g/mol. The van der Waals surface area contributed by atoms with Crippen LogP contribution >= 0.6 is 0 Å². The Kier molecular flexibility index (Phi) is 6.03. The summed E-state index contributed by atoms with van der Waals surface area (Å²) in [5.41, 5.74) is 0.862. The second-order valence-electron chi connectivity index (χ2n) is 7.85. The molecule has 0 bridgehead atoms. The number of benzene rings is 2. The molecule has 1 saturated heterocycles. The van der Waals surface area contributed by atoms with E-state index in [1.807, 2.05) is 0 Å². The summed E-state index contributed by atoms with van der Waals surface area (Å²) in [7, 11) is -3.16. The van der Waals surface area contributed by atoms with Crippen molar-refractivity contribution in [2.45, 2.75) is 19.4 Å². The molecule has 33 heavy (non-hydrogen) atoms. The molecule has 2 aromatic rings. The molecule has 2 aliphatic rings. The number of hydrogen-bond donors (Lipinski definition) is 0. The summed E-state index contributed by atoms with van der Waals surface area (Å²) in [6.07, 6.45) is 0.359. The lowest BCUT2D eigenvalue weighted by molar-refractivity contribution is -0.136. The van der Waals surface area contributed by atoms with Crippen LogP contribution in [0.25, 0.3) is 0 Å². The van der Waals surface area contributed by atoms with Gasteiger partial charge in [0, 0.05) is 12.6 Å². The van der Waals surface area contributed by atoms with Crippen LogP contribution in [0, 0.1) is 0 Å². The zero-order valence-electron chi connectivity index (χ0n) is 17.9. The Balaban J connectivity index is 1.44. The van der Waals surface area contributed by atoms with Crippen LogP contribution in [0.3, 0.4) is 0 Å². The number of likely N-dealkylation sites (N-methyl/N-ethyl adjacent to an activating group) is 1. The molecule has 0 N–H and O–H groups in total. The summed E-state index contributed by atoms with van der Waals surface area (Å²) in [5, 5.41) is 0. The third-order valence-electron chi connectivity index (χ3n) is 5.77. The van der Waals surface area contributed by atoms with Gasteiger partial charge in [0.05, 0.1) is 33.9 Å². The van der Waals surface area contributed by atoms with Crippen LogP contribution in [0.5, 0.6) is 0 Å². The molecule has 0 aliphatic carbocycles. The molecule has 2 aromatic carbocycles. The lowest BCUT2D eigenvalue weighted by Gasteiger charge is -2.26. The van der Waals surface area contributed by atoms with E-state index in [0.29, 0.717) is 13.0 Å². The number of sulfone groups is 1. The smallest absolute Gasteiger partial charge is 0.338 e. The van der Waals surface area contributed by atoms with Gasteiger partial charge in [-0.15, -0.1) is 0 Å². The minimum Gasteiger partial charge on any atom is -0.452 e. The third-order valence-corrected chi connectivity index (χ3v) is 7.52. The molecule has 0 spiro atoms. The molecule has 0 aromatic heterocycles. The maximum atomic E-state index is 12.7. The number of carbonyl (C=O) groups is 4. The van der Waals surface area contributed by atoms with Crippen LogP contribution in [0.15, 0.2) is 48.5 Å². The second-order valence-corrected chi connectivity index (χ2v) is 10.1. The second kappa shape index (κ2) is 8.78. The standard InChI is InChI=1S/C23H22N2O7S/c1-2-24(17-10-11-33(30,31)14-17)20(26)13-32-23(29)15-6-5-7-16(12-15)25-21(27)18-8-3-4-9-19(18)22(25)28/h3-9,12,17H,2,10-11,13-14H2,1H3. The van der Waals surface area contributed by atoms with Gasteiger partial charge in [-0.1, -0.05) is 18.2 Å². The van der Waals surface area contributed by atoms with Crippen LogP contribution in [0.4, 0.5) is 5.69 Å². The first-order valence-electron chi connectivity index (χ1n) is 10.5. The zero-order chi connectivity index (χ0) is 23.8. The summed E-state index contributed by atoms with van der Waals surface area (Å²) in [6.45, 7) is 1.49. The number of imide groups is 1. The first-order valence-corrected chi connectivity index (χ1v) is 12.3. The number of ether oxygens (including phenoxy) is 1. The maximum absolute atomic E-state index is 12.7. The summed E-state index contributed by atoms with van der Waals surface area (Å²) in [5.74, 6) is -2.31. The SMILES string of the molecule is CCN(C(=O)COC(=O)c1cccc(N2C(=O)c3ccccc3C2=O)c1)C1CCS(=O)(=O)C1. The van der Waals surface area contributed by atoms with Gasteiger partial charge in [-0.2, -0.15) is 0 Å². The molecule has 0 radical (unpaired) electrons. The zero-order valence-corrected chi connectivity index (χ0v) is 18.7. The molecule has 10 heteroatoms. The summed E-state index contributed by atoms with van der Waals surface area (Å²) in [6, 6.07) is 11.9. The van der Waals surface area contributed by atoms with Crippen molar-refractivity contribution >= 4 is 39.2 Å². The molecule has 1 unspecified atom stereocenters. The van der Waals surface area contributed by atoms with Gasteiger partial charge in [0.2, 0.25) is 0 Å². The highest BCUT2D eigenvalue weighted by molar-refractivity contribution is 7.91. The molecule has 1 fully saturated rings. The Morgan fingerprint density at radius 2 is 1.73 bits per heavy atom. The van der Waals surface area contributed by atoms with Gasteiger partial charge in [0.25, 0.3) is 17.7 Å². The van der Waals surface area contributed by atoms with Crippen molar-refractivity contribution < 1.29 is 32.3 Å². The van der Waals surface area contributed by atoms with Gasteiger partial charge >= 0.3 is 5.97 Å². The quantitative estimate of drug-likeness (QED) is 0.466. The van der Waals surface area contributed by atoms with E-state index in [2.05, 4.69) is 0 Å².